The zero-order valence-corrected chi connectivity index (χ0v) is 14.9. The molecule has 0 radical (unpaired) electrons. The van der Waals surface area contributed by atoms with E-state index in [4.69, 9.17) is 4.74 Å². The lowest BCUT2D eigenvalue weighted by molar-refractivity contribution is -0.138. The van der Waals surface area contributed by atoms with E-state index in [0.717, 1.165) is 22.5 Å². The minimum atomic E-state index is -4.51. The lowest BCUT2D eigenvalue weighted by Crippen LogP contribution is -2.08. The van der Waals surface area contributed by atoms with Crippen molar-refractivity contribution < 1.29 is 17.9 Å². The Kier molecular flexibility index (Phi) is 4.49. The van der Waals surface area contributed by atoms with E-state index in [0.29, 0.717) is 17.2 Å². The van der Waals surface area contributed by atoms with E-state index < -0.39 is 11.7 Å². The molecular weight excluding hydrogens is 347 g/mol. The predicted octanol–water partition coefficient (Wildman–Crippen LogP) is 6.70. The lowest BCUT2D eigenvalue weighted by Gasteiger charge is -2.17. The molecule has 3 rings (SSSR count). The SMILES string of the molecule is Cc1cc(S)cc(C(F)(F)F)c1Oc1ccc2[nH]cc(C(C)C)c2c1. The van der Waals surface area contributed by atoms with E-state index in [2.05, 4.69) is 31.5 Å². The first kappa shape index (κ1) is 17.7. The lowest BCUT2D eigenvalue weighted by atomic mass is 10.0. The highest BCUT2D eigenvalue weighted by molar-refractivity contribution is 7.80. The van der Waals surface area contributed by atoms with Crippen LogP contribution in [0.1, 0.15) is 36.5 Å². The fourth-order valence-electron chi connectivity index (χ4n) is 2.88. The molecule has 1 aromatic heterocycles. The monoisotopic (exact) mass is 365 g/mol. The van der Waals surface area contributed by atoms with Crippen molar-refractivity contribution in [1.29, 1.82) is 0 Å². The Morgan fingerprint density at radius 2 is 1.84 bits per heavy atom. The summed E-state index contributed by atoms with van der Waals surface area (Å²) >= 11 is 4.05. The summed E-state index contributed by atoms with van der Waals surface area (Å²) in [6.45, 7) is 5.71. The van der Waals surface area contributed by atoms with Gasteiger partial charge in [0.05, 0.1) is 5.56 Å². The van der Waals surface area contributed by atoms with Gasteiger partial charge in [0, 0.05) is 22.0 Å². The molecule has 25 heavy (non-hydrogen) atoms. The van der Waals surface area contributed by atoms with Gasteiger partial charge in [-0.3, -0.25) is 0 Å². The molecule has 0 bridgehead atoms. The van der Waals surface area contributed by atoms with E-state index in [1.807, 2.05) is 12.3 Å². The molecule has 0 spiro atoms. The molecule has 132 valence electrons. The number of aromatic nitrogens is 1. The number of benzene rings is 2. The molecule has 2 nitrogen and oxygen atoms in total. The van der Waals surface area contributed by atoms with Gasteiger partial charge in [-0.1, -0.05) is 13.8 Å². The van der Waals surface area contributed by atoms with Crippen LogP contribution in [0.15, 0.2) is 41.4 Å². The summed E-state index contributed by atoms with van der Waals surface area (Å²) in [6.07, 6.45) is -2.60. The van der Waals surface area contributed by atoms with Crippen LogP contribution in [0, 0.1) is 6.92 Å². The van der Waals surface area contributed by atoms with E-state index in [-0.39, 0.29) is 10.6 Å². The number of aryl methyl sites for hydroxylation is 1. The van der Waals surface area contributed by atoms with E-state index in [1.165, 1.54) is 0 Å². The second kappa shape index (κ2) is 6.33. The average molecular weight is 365 g/mol. The molecular formula is C19H18F3NOS. The van der Waals surface area contributed by atoms with Crippen molar-refractivity contribution in [3.05, 3.63) is 53.2 Å². The first-order valence-corrected chi connectivity index (χ1v) is 8.31. The van der Waals surface area contributed by atoms with Crippen LogP contribution in [0.5, 0.6) is 11.5 Å². The Balaban J connectivity index is 2.09. The van der Waals surface area contributed by atoms with Gasteiger partial charge >= 0.3 is 6.18 Å². The van der Waals surface area contributed by atoms with Crippen LogP contribution in [0.3, 0.4) is 0 Å². The fourth-order valence-corrected chi connectivity index (χ4v) is 3.20. The zero-order valence-electron chi connectivity index (χ0n) is 14.0. The average Bonchev–Trinajstić information content (AvgIpc) is 2.92. The number of nitrogens with one attached hydrogen (secondary N) is 1. The quantitative estimate of drug-likeness (QED) is 0.496. The highest BCUT2D eigenvalue weighted by Gasteiger charge is 2.35. The highest BCUT2D eigenvalue weighted by atomic mass is 32.1. The number of rotatable bonds is 3. The van der Waals surface area contributed by atoms with Crippen LogP contribution >= 0.6 is 12.6 Å². The van der Waals surface area contributed by atoms with Crippen LogP contribution in [-0.2, 0) is 6.18 Å². The molecule has 1 heterocycles. The molecule has 2 aromatic carbocycles. The first-order valence-electron chi connectivity index (χ1n) is 7.86. The minimum Gasteiger partial charge on any atom is -0.456 e. The number of thiol groups is 1. The van der Waals surface area contributed by atoms with Crippen LogP contribution in [0.2, 0.25) is 0 Å². The number of alkyl halides is 3. The summed E-state index contributed by atoms with van der Waals surface area (Å²) in [7, 11) is 0. The molecule has 1 N–H and O–H groups in total. The maximum absolute atomic E-state index is 13.4. The first-order chi connectivity index (χ1) is 11.7. The van der Waals surface area contributed by atoms with E-state index >= 15 is 0 Å². The normalized spacial score (nSPS) is 12.2. The number of fused-ring (bicyclic) bond motifs is 1. The van der Waals surface area contributed by atoms with E-state index in [9.17, 15) is 13.2 Å². The largest absolute Gasteiger partial charge is 0.456 e. The summed E-state index contributed by atoms with van der Waals surface area (Å²) in [6, 6.07) is 7.79. The van der Waals surface area contributed by atoms with Gasteiger partial charge in [-0.05, 0) is 54.3 Å². The van der Waals surface area contributed by atoms with Gasteiger partial charge in [0.1, 0.15) is 11.5 Å². The second-order valence-corrected chi connectivity index (χ2v) is 6.86. The summed E-state index contributed by atoms with van der Waals surface area (Å²) in [4.78, 5) is 3.42. The Hall–Kier alpha value is -2.08. The Morgan fingerprint density at radius 1 is 1.12 bits per heavy atom. The zero-order chi connectivity index (χ0) is 18.4. The van der Waals surface area contributed by atoms with Crippen LogP contribution < -0.4 is 4.74 Å². The topological polar surface area (TPSA) is 25.0 Å². The number of hydrogen-bond acceptors (Lipinski definition) is 2. The fraction of sp³-hybridized carbons (Fsp3) is 0.263. The van der Waals surface area contributed by atoms with Crippen molar-refractivity contribution in [2.24, 2.45) is 0 Å². The van der Waals surface area contributed by atoms with Gasteiger partial charge in [0.2, 0.25) is 0 Å². The maximum atomic E-state index is 13.4. The molecule has 0 aliphatic carbocycles. The van der Waals surface area contributed by atoms with E-state index in [1.54, 1.807) is 25.1 Å². The van der Waals surface area contributed by atoms with Gasteiger partial charge in [0.25, 0.3) is 0 Å². The molecule has 0 aliphatic heterocycles. The number of H-pyrrole nitrogens is 1. The van der Waals surface area contributed by atoms with Crippen molar-refractivity contribution >= 4 is 23.5 Å². The highest BCUT2D eigenvalue weighted by Crippen LogP contribution is 2.42. The van der Waals surface area contributed by atoms with Gasteiger partial charge < -0.3 is 9.72 Å². The van der Waals surface area contributed by atoms with Gasteiger partial charge in [-0.2, -0.15) is 13.2 Å². The number of halogens is 3. The molecule has 0 atom stereocenters. The molecule has 0 fully saturated rings. The standard InChI is InChI=1S/C19H18F3NOS/c1-10(2)15-9-23-17-5-4-12(7-14(15)17)24-18-11(3)6-13(25)8-16(18)19(20,21)22/h4-10,23,25H,1-3H3. The molecule has 0 saturated carbocycles. The van der Waals surface area contributed by atoms with Crippen molar-refractivity contribution in [3.8, 4) is 11.5 Å². The van der Waals surface area contributed by atoms with Crippen molar-refractivity contribution in [3.63, 3.8) is 0 Å². The van der Waals surface area contributed by atoms with Crippen molar-refractivity contribution in [2.45, 2.75) is 37.8 Å². The third kappa shape index (κ3) is 3.49. The Bertz CT molecular complexity index is 928. The molecule has 0 amide bonds. The number of ether oxygens (including phenoxy) is 1. The third-order valence-corrected chi connectivity index (χ3v) is 4.35. The minimum absolute atomic E-state index is 0.189. The Morgan fingerprint density at radius 3 is 2.48 bits per heavy atom. The smallest absolute Gasteiger partial charge is 0.420 e. The maximum Gasteiger partial charge on any atom is 0.420 e. The molecule has 0 aliphatic rings. The van der Waals surface area contributed by atoms with Crippen molar-refractivity contribution in [1.82, 2.24) is 4.98 Å². The van der Waals surface area contributed by atoms with Gasteiger partial charge in [-0.15, -0.1) is 12.6 Å². The second-order valence-electron chi connectivity index (χ2n) is 6.35. The van der Waals surface area contributed by atoms with Crippen LogP contribution in [0.4, 0.5) is 13.2 Å². The molecule has 0 unspecified atom stereocenters. The van der Waals surface area contributed by atoms with Crippen molar-refractivity contribution in [2.75, 3.05) is 0 Å². The Labute approximate surface area is 149 Å². The summed E-state index contributed by atoms with van der Waals surface area (Å²) in [5.74, 6) is 0.473. The van der Waals surface area contributed by atoms with Gasteiger partial charge in [-0.25, -0.2) is 0 Å². The number of aromatic amines is 1. The van der Waals surface area contributed by atoms with Gasteiger partial charge in [0.15, 0.2) is 0 Å². The van der Waals surface area contributed by atoms with Crippen LogP contribution in [-0.4, -0.2) is 4.98 Å². The number of hydrogen-bond donors (Lipinski definition) is 2. The van der Waals surface area contributed by atoms with Crippen LogP contribution in [0.25, 0.3) is 10.9 Å². The summed E-state index contributed by atoms with van der Waals surface area (Å²) < 4.78 is 45.8. The molecule has 3 aromatic rings. The summed E-state index contributed by atoms with van der Waals surface area (Å²) in [5.41, 5.74) is 1.59. The molecule has 0 saturated heterocycles. The third-order valence-electron chi connectivity index (χ3n) is 4.09. The molecule has 6 heteroatoms. The summed E-state index contributed by atoms with van der Waals surface area (Å²) in [5, 5.41) is 0.949. The predicted molar refractivity (Wildman–Crippen MR) is 95.9 cm³/mol.